The molecule has 1 aliphatic heterocycles. The third-order valence-electron chi connectivity index (χ3n) is 3.21. The van der Waals surface area contributed by atoms with Gasteiger partial charge in [-0.3, -0.25) is 4.98 Å². The highest BCUT2D eigenvalue weighted by Crippen LogP contribution is 2.39. The fraction of sp³-hybridized carbons (Fsp3) is 0.615. The zero-order valence-corrected chi connectivity index (χ0v) is 12.6. The summed E-state index contributed by atoms with van der Waals surface area (Å²) in [7, 11) is 0. The molecule has 1 saturated heterocycles. The van der Waals surface area contributed by atoms with Crippen LogP contribution in [0.5, 0.6) is 0 Å². The van der Waals surface area contributed by atoms with Crippen molar-refractivity contribution >= 4 is 29.2 Å². The zero-order valence-electron chi connectivity index (χ0n) is 10.9. The van der Waals surface area contributed by atoms with E-state index in [9.17, 15) is 0 Å². The van der Waals surface area contributed by atoms with E-state index in [0.29, 0.717) is 16.5 Å². The van der Waals surface area contributed by atoms with E-state index in [2.05, 4.69) is 47.7 Å². The number of rotatable bonds is 4. The van der Waals surface area contributed by atoms with E-state index >= 15 is 0 Å². The van der Waals surface area contributed by atoms with E-state index in [1.807, 2.05) is 12.3 Å². The SMILES string of the molecule is CCNC(c1cnccc1N)C1SCCSC1C. The van der Waals surface area contributed by atoms with Gasteiger partial charge in [0.15, 0.2) is 0 Å². The topological polar surface area (TPSA) is 50.9 Å². The largest absolute Gasteiger partial charge is 0.398 e. The number of nitrogens with one attached hydrogen (secondary N) is 1. The normalized spacial score (nSPS) is 25.9. The Labute approximate surface area is 118 Å². The van der Waals surface area contributed by atoms with Crippen molar-refractivity contribution in [2.45, 2.75) is 30.4 Å². The molecular weight excluding hydrogens is 262 g/mol. The summed E-state index contributed by atoms with van der Waals surface area (Å²) in [4.78, 5) is 4.23. The number of thioether (sulfide) groups is 2. The number of aromatic nitrogens is 1. The number of anilines is 1. The first-order chi connectivity index (χ1) is 8.74. The Kier molecular flexibility index (Phi) is 5.21. The number of hydrogen-bond acceptors (Lipinski definition) is 5. The van der Waals surface area contributed by atoms with E-state index in [-0.39, 0.29) is 0 Å². The Morgan fingerprint density at radius 2 is 2.28 bits per heavy atom. The molecule has 3 unspecified atom stereocenters. The van der Waals surface area contributed by atoms with Gasteiger partial charge >= 0.3 is 0 Å². The smallest absolute Gasteiger partial charge is 0.0487 e. The molecule has 2 heterocycles. The number of hydrogen-bond donors (Lipinski definition) is 2. The maximum atomic E-state index is 6.11. The van der Waals surface area contributed by atoms with Gasteiger partial charge in [-0.25, -0.2) is 0 Å². The van der Waals surface area contributed by atoms with Gasteiger partial charge < -0.3 is 11.1 Å². The molecule has 1 fully saturated rings. The van der Waals surface area contributed by atoms with Gasteiger partial charge in [0.25, 0.3) is 0 Å². The van der Waals surface area contributed by atoms with Crippen LogP contribution in [0.4, 0.5) is 5.69 Å². The highest BCUT2D eigenvalue weighted by atomic mass is 32.2. The van der Waals surface area contributed by atoms with E-state index in [4.69, 9.17) is 5.73 Å². The first-order valence-electron chi connectivity index (χ1n) is 6.40. The van der Waals surface area contributed by atoms with Crippen LogP contribution in [0, 0.1) is 0 Å². The minimum atomic E-state index is 0.302. The molecule has 1 aliphatic rings. The molecule has 0 aromatic carbocycles. The lowest BCUT2D eigenvalue weighted by Crippen LogP contribution is -2.38. The zero-order chi connectivity index (χ0) is 13.0. The Hall–Kier alpha value is -0.390. The number of pyridine rings is 1. The molecule has 3 atom stereocenters. The van der Waals surface area contributed by atoms with Crippen molar-refractivity contribution in [2.24, 2.45) is 0 Å². The van der Waals surface area contributed by atoms with E-state index in [1.54, 1.807) is 6.20 Å². The van der Waals surface area contributed by atoms with Crippen LogP contribution in [0.3, 0.4) is 0 Å². The lowest BCUT2D eigenvalue weighted by atomic mass is 10.0. The molecule has 2 rings (SSSR count). The first kappa shape index (κ1) is 14.0. The predicted octanol–water partition coefficient (Wildman–Crippen LogP) is 2.55. The molecule has 3 nitrogen and oxygen atoms in total. The molecule has 18 heavy (non-hydrogen) atoms. The Bertz CT molecular complexity index is 386. The van der Waals surface area contributed by atoms with Gasteiger partial charge in [-0.15, -0.1) is 0 Å². The van der Waals surface area contributed by atoms with Gasteiger partial charge in [-0.2, -0.15) is 23.5 Å². The lowest BCUT2D eigenvalue weighted by Gasteiger charge is -2.35. The minimum absolute atomic E-state index is 0.302. The van der Waals surface area contributed by atoms with Crippen LogP contribution < -0.4 is 11.1 Å². The van der Waals surface area contributed by atoms with Crippen LogP contribution in [0.15, 0.2) is 18.5 Å². The summed E-state index contributed by atoms with van der Waals surface area (Å²) in [6.07, 6.45) is 3.67. The van der Waals surface area contributed by atoms with E-state index < -0.39 is 0 Å². The minimum Gasteiger partial charge on any atom is -0.398 e. The van der Waals surface area contributed by atoms with Crippen LogP contribution in [0.2, 0.25) is 0 Å². The standard InChI is InChI=1S/C13H21N3S2/c1-3-16-12(10-8-15-5-4-11(10)14)13-9(2)17-6-7-18-13/h4-5,8-9,12-13,16H,3,6-7H2,1-2H3,(H2,14,15). The molecule has 0 spiro atoms. The Morgan fingerprint density at radius 3 is 2.94 bits per heavy atom. The van der Waals surface area contributed by atoms with Crippen molar-refractivity contribution in [3.05, 3.63) is 24.0 Å². The van der Waals surface area contributed by atoms with Crippen LogP contribution in [0.1, 0.15) is 25.5 Å². The lowest BCUT2D eigenvalue weighted by molar-refractivity contribution is 0.525. The first-order valence-corrected chi connectivity index (χ1v) is 8.49. The predicted molar refractivity (Wildman–Crippen MR) is 83.2 cm³/mol. The molecule has 0 amide bonds. The summed E-state index contributed by atoms with van der Waals surface area (Å²) >= 11 is 4.12. The molecule has 0 saturated carbocycles. The molecule has 1 aromatic rings. The fourth-order valence-electron chi connectivity index (χ4n) is 2.32. The van der Waals surface area contributed by atoms with Crippen molar-refractivity contribution < 1.29 is 0 Å². The molecular formula is C13H21N3S2. The monoisotopic (exact) mass is 283 g/mol. The number of nitrogens with zero attached hydrogens (tertiary/aromatic N) is 1. The van der Waals surface area contributed by atoms with Crippen molar-refractivity contribution in [1.82, 2.24) is 10.3 Å². The van der Waals surface area contributed by atoms with Crippen LogP contribution in [0.25, 0.3) is 0 Å². The second kappa shape index (κ2) is 6.68. The average molecular weight is 283 g/mol. The van der Waals surface area contributed by atoms with Gasteiger partial charge in [0, 0.05) is 51.7 Å². The molecule has 100 valence electrons. The van der Waals surface area contributed by atoms with Crippen LogP contribution in [-0.4, -0.2) is 33.5 Å². The van der Waals surface area contributed by atoms with Gasteiger partial charge in [-0.05, 0) is 12.6 Å². The maximum absolute atomic E-state index is 6.11. The summed E-state index contributed by atoms with van der Waals surface area (Å²) < 4.78 is 0. The Balaban J connectivity index is 2.24. The number of nitrogens with two attached hydrogens (primary N) is 1. The molecule has 0 bridgehead atoms. The molecule has 0 aliphatic carbocycles. The summed E-state index contributed by atoms with van der Waals surface area (Å²) in [6.45, 7) is 5.41. The van der Waals surface area contributed by atoms with Crippen molar-refractivity contribution in [1.29, 1.82) is 0 Å². The fourth-order valence-corrected chi connectivity index (χ4v) is 5.25. The van der Waals surface area contributed by atoms with E-state index in [1.165, 1.54) is 11.5 Å². The van der Waals surface area contributed by atoms with Gasteiger partial charge in [-0.1, -0.05) is 13.8 Å². The van der Waals surface area contributed by atoms with Crippen molar-refractivity contribution in [3.63, 3.8) is 0 Å². The second-order valence-corrected chi connectivity index (χ2v) is 7.22. The third kappa shape index (κ3) is 3.13. The summed E-state index contributed by atoms with van der Waals surface area (Å²) in [5, 5.41) is 4.80. The highest BCUT2D eigenvalue weighted by molar-refractivity contribution is 8.07. The maximum Gasteiger partial charge on any atom is 0.0487 e. The van der Waals surface area contributed by atoms with Crippen molar-refractivity contribution in [3.8, 4) is 0 Å². The quantitative estimate of drug-likeness (QED) is 0.889. The number of nitrogen functional groups attached to an aromatic ring is 1. The van der Waals surface area contributed by atoms with Crippen LogP contribution in [-0.2, 0) is 0 Å². The molecule has 1 aromatic heterocycles. The molecule has 5 heteroatoms. The van der Waals surface area contributed by atoms with Gasteiger partial charge in [0.2, 0.25) is 0 Å². The highest BCUT2D eigenvalue weighted by Gasteiger charge is 2.31. The second-order valence-electron chi connectivity index (χ2n) is 4.45. The summed E-state index contributed by atoms with van der Waals surface area (Å²) in [5.41, 5.74) is 8.10. The van der Waals surface area contributed by atoms with Crippen molar-refractivity contribution in [2.75, 3.05) is 23.8 Å². The average Bonchev–Trinajstić information content (AvgIpc) is 2.38. The van der Waals surface area contributed by atoms with Gasteiger partial charge in [0.1, 0.15) is 0 Å². The molecule has 0 radical (unpaired) electrons. The summed E-state index contributed by atoms with van der Waals surface area (Å²) in [6, 6.07) is 2.20. The summed E-state index contributed by atoms with van der Waals surface area (Å²) in [5.74, 6) is 2.48. The van der Waals surface area contributed by atoms with Crippen LogP contribution >= 0.6 is 23.5 Å². The van der Waals surface area contributed by atoms with E-state index in [0.717, 1.165) is 17.8 Å². The Morgan fingerprint density at radius 1 is 1.50 bits per heavy atom. The molecule has 3 N–H and O–H groups in total. The van der Waals surface area contributed by atoms with Gasteiger partial charge in [0.05, 0.1) is 0 Å². The third-order valence-corrected chi connectivity index (χ3v) is 6.41.